The fourth-order valence-electron chi connectivity index (χ4n) is 2.61. The van der Waals surface area contributed by atoms with Gasteiger partial charge in [-0.25, -0.2) is 4.68 Å². The van der Waals surface area contributed by atoms with Crippen LogP contribution in [0.25, 0.3) is 5.69 Å². The second-order valence-corrected chi connectivity index (χ2v) is 6.22. The van der Waals surface area contributed by atoms with E-state index in [1.807, 2.05) is 25.1 Å². The van der Waals surface area contributed by atoms with Crippen molar-refractivity contribution >= 4 is 23.4 Å². The number of nitrogens with two attached hydrogens (primary N) is 1. The summed E-state index contributed by atoms with van der Waals surface area (Å²) in [5.41, 5.74) is 8.42. The van der Waals surface area contributed by atoms with E-state index in [4.69, 9.17) is 17.3 Å². The summed E-state index contributed by atoms with van der Waals surface area (Å²) in [6.07, 6.45) is 1.52. The standard InChI is InChI=1S/C19H17ClN4O2/c1-12-17(11-23-24(12)16-7-3-6-15(20)9-16)19(26)22-10-13-4-2-5-14(8-13)18(21)25/h2-9,11H,10H2,1H3,(H2,21,25)(H,22,26). The summed E-state index contributed by atoms with van der Waals surface area (Å²) in [5, 5.41) is 7.70. The van der Waals surface area contributed by atoms with Crippen molar-refractivity contribution < 1.29 is 9.59 Å². The van der Waals surface area contributed by atoms with Crippen molar-refractivity contribution in [3.8, 4) is 5.69 Å². The molecule has 1 heterocycles. The molecule has 0 saturated carbocycles. The molecule has 6 nitrogen and oxygen atoms in total. The summed E-state index contributed by atoms with van der Waals surface area (Å²) in [6, 6.07) is 14.1. The van der Waals surface area contributed by atoms with Crippen LogP contribution in [-0.2, 0) is 6.54 Å². The summed E-state index contributed by atoms with van der Waals surface area (Å²) in [5.74, 6) is -0.753. The Morgan fingerprint density at radius 1 is 1.19 bits per heavy atom. The number of primary amides is 1. The van der Waals surface area contributed by atoms with E-state index >= 15 is 0 Å². The maximum atomic E-state index is 12.5. The molecule has 0 spiro atoms. The maximum Gasteiger partial charge on any atom is 0.255 e. The zero-order chi connectivity index (χ0) is 18.7. The van der Waals surface area contributed by atoms with E-state index in [1.165, 1.54) is 6.20 Å². The Morgan fingerprint density at radius 2 is 1.96 bits per heavy atom. The number of nitrogens with one attached hydrogen (secondary N) is 1. The highest BCUT2D eigenvalue weighted by atomic mass is 35.5. The molecule has 26 heavy (non-hydrogen) atoms. The van der Waals surface area contributed by atoms with Crippen molar-refractivity contribution in [1.82, 2.24) is 15.1 Å². The molecule has 0 unspecified atom stereocenters. The fraction of sp³-hybridized carbons (Fsp3) is 0.105. The molecule has 0 aliphatic heterocycles. The fourth-order valence-corrected chi connectivity index (χ4v) is 2.80. The van der Waals surface area contributed by atoms with Crippen LogP contribution >= 0.6 is 11.6 Å². The zero-order valence-corrected chi connectivity index (χ0v) is 14.8. The van der Waals surface area contributed by atoms with E-state index in [0.717, 1.165) is 11.3 Å². The first-order valence-electron chi connectivity index (χ1n) is 7.93. The molecular formula is C19H17ClN4O2. The van der Waals surface area contributed by atoms with Gasteiger partial charge in [-0.1, -0.05) is 29.8 Å². The van der Waals surface area contributed by atoms with Crippen LogP contribution in [0.4, 0.5) is 0 Å². The van der Waals surface area contributed by atoms with Gasteiger partial charge in [0.05, 0.1) is 23.1 Å². The smallest absolute Gasteiger partial charge is 0.255 e. The lowest BCUT2D eigenvalue weighted by molar-refractivity contribution is 0.0949. The highest BCUT2D eigenvalue weighted by molar-refractivity contribution is 6.30. The Labute approximate surface area is 155 Å². The minimum atomic E-state index is -0.503. The Hall–Kier alpha value is -3.12. The number of nitrogens with zero attached hydrogens (tertiary/aromatic N) is 2. The molecule has 2 aromatic carbocycles. The van der Waals surface area contributed by atoms with Gasteiger partial charge in [0, 0.05) is 17.1 Å². The number of hydrogen-bond acceptors (Lipinski definition) is 3. The number of aromatic nitrogens is 2. The van der Waals surface area contributed by atoms with Gasteiger partial charge in [0.1, 0.15) is 0 Å². The Morgan fingerprint density at radius 3 is 2.69 bits per heavy atom. The van der Waals surface area contributed by atoms with Gasteiger partial charge >= 0.3 is 0 Å². The van der Waals surface area contributed by atoms with E-state index in [0.29, 0.717) is 21.8 Å². The largest absolute Gasteiger partial charge is 0.366 e. The predicted molar refractivity (Wildman–Crippen MR) is 99.4 cm³/mol. The van der Waals surface area contributed by atoms with Crippen LogP contribution in [0.5, 0.6) is 0 Å². The van der Waals surface area contributed by atoms with Gasteiger partial charge in [-0.05, 0) is 42.8 Å². The molecular weight excluding hydrogens is 352 g/mol. The van der Waals surface area contributed by atoms with Crippen molar-refractivity contribution in [2.24, 2.45) is 5.73 Å². The van der Waals surface area contributed by atoms with Crippen molar-refractivity contribution in [1.29, 1.82) is 0 Å². The molecule has 0 fully saturated rings. The molecule has 1 aromatic heterocycles. The number of carbonyl (C=O) groups is 2. The topological polar surface area (TPSA) is 90.0 Å². The summed E-state index contributed by atoms with van der Waals surface area (Å²) in [4.78, 5) is 23.7. The molecule has 3 aromatic rings. The number of halogens is 1. The van der Waals surface area contributed by atoms with Crippen molar-refractivity contribution in [3.05, 3.63) is 82.1 Å². The molecule has 3 N–H and O–H groups in total. The highest BCUT2D eigenvalue weighted by Crippen LogP contribution is 2.18. The highest BCUT2D eigenvalue weighted by Gasteiger charge is 2.15. The van der Waals surface area contributed by atoms with Gasteiger partial charge in [0.15, 0.2) is 0 Å². The molecule has 0 aliphatic carbocycles. The predicted octanol–water partition coefficient (Wildman–Crippen LogP) is 2.86. The SMILES string of the molecule is Cc1c(C(=O)NCc2cccc(C(N)=O)c2)cnn1-c1cccc(Cl)c1. The normalized spacial score (nSPS) is 10.5. The minimum absolute atomic E-state index is 0.250. The molecule has 0 saturated heterocycles. The lowest BCUT2D eigenvalue weighted by atomic mass is 10.1. The maximum absolute atomic E-state index is 12.5. The van der Waals surface area contributed by atoms with E-state index in [2.05, 4.69) is 10.4 Å². The van der Waals surface area contributed by atoms with Gasteiger partial charge < -0.3 is 11.1 Å². The minimum Gasteiger partial charge on any atom is -0.366 e. The van der Waals surface area contributed by atoms with Crippen LogP contribution in [0, 0.1) is 6.92 Å². The van der Waals surface area contributed by atoms with Crippen LogP contribution < -0.4 is 11.1 Å². The van der Waals surface area contributed by atoms with Crippen LogP contribution in [0.1, 0.15) is 32.0 Å². The molecule has 0 radical (unpaired) electrons. The first kappa shape index (κ1) is 17.7. The summed E-state index contributed by atoms with van der Waals surface area (Å²) in [6.45, 7) is 2.10. The quantitative estimate of drug-likeness (QED) is 0.725. The lowest BCUT2D eigenvalue weighted by Gasteiger charge is -2.08. The van der Waals surface area contributed by atoms with Crippen molar-refractivity contribution in [2.75, 3.05) is 0 Å². The van der Waals surface area contributed by atoms with E-state index in [9.17, 15) is 9.59 Å². The third-order valence-corrected chi connectivity index (χ3v) is 4.21. The number of benzene rings is 2. The number of amides is 2. The average molecular weight is 369 g/mol. The second kappa shape index (κ2) is 7.41. The van der Waals surface area contributed by atoms with Gasteiger partial charge in [0.2, 0.25) is 5.91 Å². The van der Waals surface area contributed by atoms with E-state index in [-0.39, 0.29) is 12.5 Å². The van der Waals surface area contributed by atoms with Crippen LogP contribution in [0.2, 0.25) is 5.02 Å². The number of rotatable bonds is 5. The van der Waals surface area contributed by atoms with E-state index in [1.54, 1.807) is 35.0 Å². The van der Waals surface area contributed by atoms with Crippen molar-refractivity contribution in [2.45, 2.75) is 13.5 Å². The van der Waals surface area contributed by atoms with Gasteiger partial charge in [-0.15, -0.1) is 0 Å². The van der Waals surface area contributed by atoms with E-state index < -0.39 is 5.91 Å². The lowest BCUT2D eigenvalue weighted by Crippen LogP contribution is -2.23. The van der Waals surface area contributed by atoms with Crippen LogP contribution in [-0.4, -0.2) is 21.6 Å². The molecule has 2 amide bonds. The number of hydrogen-bond donors (Lipinski definition) is 2. The molecule has 7 heteroatoms. The third kappa shape index (κ3) is 3.75. The Kier molecular flexibility index (Phi) is 5.04. The second-order valence-electron chi connectivity index (χ2n) is 5.78. The molecule has 0 atom stereocenters. The summed E-state index contributed by atoms with van der Waals surface area (Å²) in [7, 11) is 0. The summed E-state index contributed by atoms with van der Waals surface area (Å²) < 4.78 is 1.66. The third-order valence-electron chi connectivity index (χ3n) is 3.97. The Bertz CT molecular complexity index is 981. The van der Waals surface area contributed by atoms with Gasteiger partial charge in [-0.2, -0.15) is 5.10 Å². The number of carbonyl (C=O) groups excluding carboxylic acids is 2. The van der Waals surface area contributed by atoms with Crippen LogP contribution in [0.15, 0.2) is 54.7 Å². The average Bonchev–Trinajstić information content (AvgIpc) is 3.01. The molecule has 132 valence electrons. The van der Waals surface area contributed by atoms with Crippen molar-refractivity contribution in [3.63, 3.8) is 0 Å². The molecule has 3 rings (SSSR count). The van der Waals surface area contributed by atoms with Gasteiger partial charge in [-0.3, -0.25) is 9.59 Å². The monoisotopic (exact) mass is 368 g/mol. The Balaban J connectivity index is 1.75. The molecule has 0 bridgehead atoms. The van der Waals surface area contributed by atoms with Crippen LogP contribution in [0.3, 0.4) is 0 Å². The zero-order valence-electron chi connectivity index (χ0n) is 14.1. The first-order valence-corrected chi connectivity index (χ1v) is 8.31. The van der Waals surface area contributed by atoms with Gasteiger partial charge in [0.25, 0.3) is 5.91 Å². The molecule has 0 aliphatic rings. The summed E-state index contributed by atoms with van der Waals surface area (Å²) >= 11 is 6.02. The first-order chi connectivity index (χ1) is 12.5.